The molecule has 2 aliphatic rings. The maximum atomic E-state index is 12.3. The largest absolute Gasteiger partial charge is 0.381 e. The quantitative estimate of drug-likeness (QED) is 0.890. The second-order valence-electron chi connectivity index (χ2n) is 5.51. The molecule has 2 aliphatic heterocycles. The molecule has 1 radical (unpaired) electrons. The fourth-order valence-electron chi connectivity index (χ4n) is 3.14. The average molecular weight is 274 g/mol. The molecule has 3 rings (SSSR count). The predicted molar refractivity (Wildman–Crippen MR) is 76.9 cm³/mol. The summed E-state index contributed by atoms with van der Waals surface area (Å²) >= 11 is 0. The van der Waals surface area contributed by atoms with Crippen LogP contribution in [0.1, 0.15) is 18.4 Å². The first-order valence-electron chi connectivity index (χ1n) is 7.10. The van der Waals surface area contributed by atoms with Gasteiger partial charge in [-0.1, -0.05) is 6.07 Å². The van der Waals surface area contributed by atoms with Crippen LogP contribution in [0.5, 0.6) is 0 Å². The summed E-state index contributed by atoms with van der Waals surface area (Å²) < 4.78 is 5.37. The first-order chi connectivity index (χ1) is 9.69. The van der Waals surface area contributed by atoms with Gasteiger partial charge in [-0.15, -0.1) is 0 Å². The predicted octanol–water partition coefficient (Wildman–Crippen LogP) is 1.57. The van der Waals surface area contributed by atoms with Gasteiger partial charge in [0, 0.05) is 37.9 Å². The lowest BCUT2D eigenvalue weighted by molar-refractivity contribution is -0.122. The van der Waals surface area contributed by atoms with Crippen LogP contribution in [-0.2, 0) is 16.0 Å². The van der Waals surface area contributed by atoms with Crippen molar-refractivity contribution < 1.29 is 9.53 Å². The number of carbonyl (C=O) groups is 1. The molecule has 0 aromatic heterocycles. The van der Waals surface area contributed by atoms with E-state index in [1.54, 1.807) is 13.2 Å². The van der Waals surface area contributed by atoms with E-state index in [9.17, 15) is 4.79 Å². The molecule has 20 heavy (non-hydrogen) atoms. The van der Waals surface area contributed by atoms with E-state index in [1.165, 1.54) is 0 Å². The summed E-state index contributed by atoms with van der Waals surface area (Å²) in [5.74, 6) is 0.0546. The summed E-state index contributed by atoms with van der Waals surface area (Å²) in [5.41, 5.74) is 10.3. The Bertz CT molecular complexity index is 510. The van der Waals surface area contributed by atoms with E-state index in [0.29, 0.717) is 18.2 Å². The molecule has 1 saturated heterocycles. The highest BCUT2D eigenvalue weighted by Gasteiger charge is 2.34. The van der Waals surface area contributed by atoms with Crippen LogP contribution in [0.4, 0.5) is 11.4 Å². The van der Waals surface area contributed by atoms with E-state index < -0.39 is 0 Å². The van der Waals surface area contributed by atoms with Crippen LogP contribution in [0.25, 0.3) is 0 Å². The number of nitrogens with zero attached hydrogens (tertiary/aromatic N) is 1. The second-order valence-corrected chi connectivity index (χ2v) is 5.51. The van der Waals surface area contributed by atoms with Gasteiger partial charge in [0.1, 0.15) is 0 Å². The summed E-state index contributed by atoms with van der Waals surface area (Å²) in [5, 5.41) is 2.94. The van der Waals surface area contributed by atoms with Gasteiger partial charge in [0.15, 0.2) is 0 Å². The van der Waals surface area contributed by atoms with Crippen molar-refractivity contribution in [1.29, 1.82) is 0 Å². The van der Waals surface area contributed by atoms with Gasteiger partial charge in [-0.05, 0) is 25.0 Å². The van der Waals surface area contributed by atoms with E-state index in [1.807, 2.05) is 12.1 Å². The molecule has 1 fully saturated rings. The number of benzene rings is 1. The minimum Gasteiger partial charge on any atom is -0.381 e. The number of amides is 1. The summed E-state index contributed by atoms with van der Waals surface area (Å²) in [7, 11) is 1.75. The molecule has 1 unspecified atom stereocenters. The van der Waals surface area contributed by atoms with Crippen LogP contribution in [0, 0.1) is 0 Å². The topological polar surface area (TPSA) is 65.4 Å². The Balaban J connectivity index is 1.76. The lowest BCUT2D eigenvalue weighted by Crippen LogP contribution is -2.51. The number of nitrogens with one attached hydrogen (secondary N) is 2. The molecule has 5 heteroatoms. The van der Waals surface area contributed by atoms with Crippen molar-refractivity contribution in [2.24, 2.45) is 0 Å². The Labute approximate surface area is 119 Å². The maximum Gasteiger partial charge on any atom is 0.242 e. The van der Waals surface area contributed by atoms with Gasteiger partial charge in [-0.2, -0.15) is 0 Å². The second kappa shape index (κ2) is 5.42. The van der Waals surface area contributed by atoms with Crippen molar-refractivity contribution in [1.82, 2.24) is 10.6 Å². The van der Waals surface area contributed by atoms with Crippen LogP contribution in [0.15, 0.2) is 18.2 Å². The highest BCUT2D eigenvalue weighted by atomic mass is 16.5. The van der Waals surface area contributed by atoms with E-state index >= 15 is 0 Å². The number of ether oxygens (including phenoxy) is 1. The lowest BCUT2D eigenvalue weighted by Gasteiger charge is -2.38. The SMILES string of the molecule is COC1CCN(C2Cc3c([NH])cccc3NC2=O)CC1. The maximum absolute atomic E-state index is 12.3. The molecule has 2 N–H and O–H groups in total. The van der Waals surface area contributed by atoms with Crippen molar-refractivity contribution in [3.63, 3.8) is 0 Å². The molecule has 107 valence electrons. The van der Waals surface area contributed by atoms with Gasteiger partial charge in [-0.3, -0.25) is 9.69 Å². The molecule has 0 bridgehead atoms. The van der Waals surface area contributed by atoms with Crippen molar-refractivity contribution in [3.8, 4) is 0 Å². The zero-order chi connectivity index (χ0) is 14.1. The van der Waals surface area contributed by atoms with Crippen LogP contribution in [0.3, 0.4) is 0 Å². The number of piperidine rings is 1. The number of rotatable bonds is 2. The normalized spacial score (nSPS) is 24.2. The molecule has 0 aliphatic carbocycles. The third kappa shape index (κ3) is 2.39. The molecule has 1 amide bonds. The fourth-order valence-corrected chi connectivity index (χ4v) is 3.14. The zero-order valence-electron chi connectivity index (χ0n) is 11.7. The molecular weight excluding hydrogens is 254 g/mol. The highest BCUT2D eigenvalue weighted by molar-refractivity contribution is 5.98. The van der Waals surface area contributed by atoms with E-state index in [2.05, 4.69) is 10.2 Å². The van der Waals surface area contributed by atoms with E-state index in [0.717, 1.165) is 37.2 Å². The minimum atomic E-state index is -0.146. The number of carbonyl (C=O) groups excluding carboxylic acids is 1. The zero-order valence-corrected chi connectivity index (χ0v) is 11.7. The number of fused-ring (bicyclic) bond motifs is 1. The molecular formula is C15H20N3O2. The van der Waals surface area contributed by atoms with E-state index in [-0.39, 0.29) is 11.9 Å². The number of anilines is 1. The van der Waals surface area contributed by atoms with Crippen LogP contribution < -0.4 is 11.1 Å². The standard InChI is InChI=1S/C15H20N3O2/c1-20-10-5-7-18(8-6-10)14-9-11-12(16)3-2-4-13(11)17-15(14)19/h2-4,10,14,16H,5-9H2,1H3,(H,17,19). The van der Waals surface area contributed by atoms with E-state index in [4.69, 9.17) is 10.5 Å². The third-order valence-corrected chi connectivity index (χ3v) is 4.38. The molecule has 1 aromatic carbocycles. The summed E-state index contributed by atoms with van der Waals surface area (Å²) in [6, 6.07) is 5.32. The molecule has 0 saturated carbocycles. The third-order valence-electron chi connectivity index (χ3n) is 4.38. The molecule has 0 spiro atoms. The lowest BCUT2D eigenvalue weighted by atomic mass is 9.94. The summed E-state index contributed by atoms with van der Waals surface area (Å²) in [4.78, 5) is 14.5. The smallest absolute Gasteiger partial charge is 0.242 e. The molecule has 1 aromatic rings. The number of likely N-dealkylation sites (tertiary alicyclic amines) is 1. The number of methoxy groups -OCH3 is 1. The van der Waals surface area contributed by atoms with Gasteiger partial charge in [0.2, 0.25) is 5.91 Å². The highest BCUT2D eigenvalue weighted by Crippen LogP contribution is 2.31. The molecule has 2 heterocycles. The monoisotopic (exact) mass is 274 g/mol. The Morgan fingerprint density at radius 2 is 2.10 bits per heavy atom. The van der Waals surface area contributed by atoms with Crippen LogP contribution in [-0.4, -0.2) is 43.2 Å². The Hall–Kier alpha value is -1.59. The van der Waals surface area contributed by atoms with Gasteiger partial charge in [0.25, 0.3) is 0 Å². The van der Waals surface area contributed by atoms with Crippen LogP contribution >= 0.6 is 0 Å². The van der Waals surface area contributed by atoms with Gasteiger partial charge in [0.05, 0.1) is 17.8 Å². The molecule has 1 atom stereocenters. The van der Waals surface area contributed by atoms with Crippen molar-refractivity contribution in [2.75, 3.05) is 25.5 Å². The van der Waals surface area contributed by atoms with Gasteiger partial charge >= 0.3 is 0 Å². The average Bonchev–Trinajstić information content (AvgIpc) is 2.47. The van der Waals surface area contributed by atoms with Crippen molar-refractivity contribution in [2.45, 2.75) is 31.4 Å². The fraction of sp³-hybridized carbons (Fsp3) is 0.533. The van der Waals surface area contributed by atoms with Crippen LogP contribution in [0.2, 0.25) is 0 Å². The molecule has 5 nitrogen and oxygen atoms in total. The Kier molecular flexibility index (Phi) is 3.63. The number of hydrogen-bond donors (Lipinski definition) is 1. The Morgan fingerprint density at radius 1 is 1.35 bits per heavy atom. The Morgan fingerprint density at radius 3 is 2.80 bits per heavy atom. The summed E-state index contributed by atoms with van der Waals surface area (Å²) in [6.45, 7) is 1.76. The minimum absolute atomic E-state index is 0.0546. The number of hydrogen-bond acceptors (Lipinski definition) is 3. The summed E-state index contributed by atoms with van der Waals surface area (Å²) in [6.07, 6.45) is 2.89. The first-order valence-corrected chi connectivity index (χ1v) is 7.10. The van der Waals surface area contributed by atoms with Crippen molar-refractivity contribution >= 4 is 17.3 Å². The van der Waals surface area contributed by atoms with Crippen molar-refractivity contribution in [3.05, 3.63) is 23.8 Å². The van der Waals surface area contributed by atoms with Gasteiger partial charge < -0.3 is 15.8 Å². The first kappa shape index (κ1) is 13.4. The van der Waals surface area contributed by atoms with Gasteiger partial charge in [-0.25, -0.2) is 0 Å².